The van der Waals surface area contributed by atoms with Crippen molar-refractivity contribution in [2.24, 2.45) is 5.73 Å². The van der Waals surface area contributed by atoms with E-state index in [4.69, 9.17) is 10.5 Å². The van der Waals surface area contributed by atoms with Crippen molar-refractivity contribution in [1.29, 1.82) is 0 Å². The zero-order valence-electron chi connectivity index (χ0n) is 11.7. The monoisotopic (exact) mass is 341 g/mol. The van der Waals surface area contributed by atoms with E-state index in [-0.39, 0.29) is 6.04 Å². The van der Waals surface area contributed by atoms with Crippen LogP contribution in [0.4, 0.5) is 0 Å². The molecule has 0 saturated carbocycles. The summed E-state index contributed by atoms with van der Waals surface area (Å²) in [6, 6.07) is 20.3. The minimum Gasteiger partial charge on any atom is -0.456 e. The summed E-state index contributed by atoms with van der Waals surface area (Å²) in [4.78, 5) is 0. The maximum Gasteiger partial charge on any atom is 0.141 e. The molecule has 0 aliphatic carbocycles. The maximum atomic E-state index is 5.96. The molecule has 2 nitrogen and oxygen atoms in total. The number of hydrogen-bond acceptors (Lipinski definition) is 2. The van der Waals surface area contributed by atoms with Crippen LogP contribution in [-0.4, -0.2) is 0 Å². The molecule has 0 aliphatic rings. The van der Waals surface area contributed by atoms with Crippen molar-refractivity contribution in [2.75, 3.05) is 0 Å². The standard InChI is InChI=1S/C18H16BrNO/c1-12(20)14-7-9-18(17(19)11-14)21-16-8-6-13-4-2-3-5-15(13)10-16/h2-12H,20H2,1H3/t12-/m0/s1. The van der Waals surface area contributed by atoms with Crippen LogP contribution in [0.3, 0.4) is 0 Å². The largest absolute Gasteiger partial charge is 0.456 e. The lowest BCUT2D eigenvalue weighted by atomic mass is 10.1. The van der Waals surface area contributed by atoms with E-state index in [0.29, 0.717) is 0 Å². The molecule has 0 amide bonds. The highest BCUT2D eigenvalue weighted by Crippen LogP contribution is 2.32. The van der Waals surface area contributed by atoms with E-state index >= 15 is 0 Å². The zero-order chi connectivity index (χ0) is 14.8. The lowest BCUT2D eigenvalue weighted by Gasteiger charge is -2.11. The molecule has 0 saturated heterocycles. The van der Waals surface area contributed by atoms with Crippen molar-refractivity contribution in [1.82, 2.24) is 0 Å². The Morgan fingerprint density at radius 2 is 1.71 bits per heavy atom. The Labute approximate surface area is 132 Å². The molecule has 1 atom stereocenters. The smallest absolute Gasteiger partial charge is 0.141 e. The molecule has 0 heterocycles. The van der Waals surface area contributed by atoms with E-state index in [1.165, 1.54) is 10.8 Å². The molecule has 0 radical (unpaired) electrons. The molecular formula is C18H16BrNO. The first kappa shape index (κ1) is 14.1. The van der Waals surface area contributed by atoms with Gasteiger partial charge in [-0.2, -0.15) is 0 Å². The first-order chi connectivity index (χ1) is 10.1. The molecule has 0 aliphatic heterocycles. The van der Waals surface area contributed by atoms with Gasteiger partial charge in [0, 0.05) is 6.04 Å². The predicted octanol–water partition coefficient (Wildman–Crippen LogP) is 5.41. The van der Waals surface area contributed by atoms with Gasteiger partial charge in [-0.05, 0) is 63.5 Å². The quantitative estimate of drug-likeness (QED) is 0.690. The number of fused-ring (bicyclic) bond motifs is 1. The Morgan fingerprint density at radius 1 is 0.952 bits per heavy atom. The SMILES string of the molecule is C[C@H](N)c1ccc(Oc2ccc3ccccc3c2)c(Br)c1. The molecule has 0 fully saturated rings. The summed E-state index contributed by atoms with van der Waals surface area (Å²) in [6.07, 6.45) is 0. The van der Waals surface area contributed by atoms with Gasteiger partial charge in [0.1, 0.15) is 11.5 Å². The Hall–Kier alpha value is -1.84. The number of rotatable bonds is 3. The van der Waals surface area contributed by atoms with Crippen LogP contribution < -0.4 is 10.5 Å². The molecule has 106 valence electrons. The van der Waals surface area contributed by atoms with E-state index in [2.05, 4.69) is 34.1 Å². The summed E-state index contributed by atoms with van der Waals surface area (Å²) in [7, 11) is 0. The molecule has 0 aromatic heterocycles. The van der Waals surface area contributed by atoms with E-state index in [9.17, 15) is 0 Å². The number of halogens is 1. The van der Waals surface area contributed by atoms with Gasteiger partial charge in [-0.1, -0.05) is 36.4 Å². The van der Waals surface area contributed by atoms with Gasteiger partial charge >= 0.3 is 0 Å². The molecule has 2 N–H and O–H groups in total. The second-order valence-electron chi connectivity index (χ2n) is 5.09. The predicted molar refractivity (Wildman–Crippen MR) is 90.8 cm³/mol. The van der Waals surface area contributed by atoms with Crippen LogP contribution in [0.25, 0.3) is 10.8 Å². The van der Waals surface area contributed by atoms with Crippen molar-refractivity contribution >= 4 is 26.7 Å². The van der Waals surface area contributed by atoms with Crippen LogP contribution in [0.15, 0.2) is 65.1 Å². The lowest BCUT2D eigenvalue weighted by molar-refractivity contribution is 0.480. The second kappa shape index (κ2) is 5.88. The van der Waals surface area contributed by atoms with Crippen LogP contribution >= 0.6 is 15.9 Å². The summed E-state index contributed by atoms with van der Waals surface area (Å²) in [5, 5.41) is 2.37. The van der Waals surface area contributed by atoms with Gasteiger partial charge in [0.2, 0.25) is 0 Å². The second-order valence-corrected chi connectivity index (χ2v) is 5.94. The zero-order valence-corrected chi connectivity index (χ0v) is 13.3. The Kier molecular flexibility index (Phi) is 3.95. The molecule has 0 unspecified atom stereocenters. The first-order valence-corrected chi connectivity index (χ1v) is 7.64. The Morgan fingerprint density at radius 3 is 2.43 bits per heavy atom. The van der Waals surface area contributed by atoms with Crippen molar-refractivity contribution in [3.8, 4) is 11.5 Å². The molecule has 3 aromatic carbocycles. The summed E-state index contributed by atoms with van der Waals surface area (Å²) in [5.74, 6) is 1.61. The third-order valence-corrected chi connectivity index (χ3v) is 4.05. The Bertz CT molecular complexity index is 783. The van der Waals surface area contributed by atoms with Gasteiger partial charge in [-0.25, -0.2) is 0 Å². The van der Waals surface area contributed by atoms with Gasteiger partial charge in [0.25, 0.3) is 0 Å². The fourth-order valence-electron chi connectivity index (χ4n) is 2.24. The molecule has 3 aromatic rings. The van der Waals surface area contributed by atoms with E-state index in [1.54, 1.807) is 0 Å². The highest BCUT2D eigenvalue weighted by molar-refractivity contribution is 9.10. The van der Waals surface area contributed by atoms with Gasteiger partial charge in [-0.3, -0.25) is 0 Å². The highest BCUT2D eigenvalue weighted by Gasteiger charge is 2.07. The fourth-order valence-corrected chi connectivity index (χ4v) is 2.72. The summed E-state index contributed by atoms with van der Waals surface area (Å²) in [5.41, 5.74) is 6.96. The average Bonchev–Trinajstić information content (AvgIpc) is 2.49. The third-order valence-electron chi connectivity index (χ3n) is 3.43. The minimum atomic E-state index is 0.0102. The van der Waals surface area contributed by atoms with Crippen molar-refractivity contribution < 1.29 is 4.74 Å². The normalized spacial score (nSPS) is 12.3. The van der Waals surface area contributed by atoms with E-state index in [1.807, 2.05) is 49.4 Å². The van der Waals surface area contributed by atoms with Crippen LogP contribution in [0.1, 0.15) is 18.5 Å². The van der Waals surface area contributed by atoms with Gasteiger partial charge in [0.05, 0.1) is 4.47 Å². The fraction of sp³-hybridized carbons (Fsp3) is 0.111. The van der Waals surface area contributed by atoms with Gasteiger partial charge < -0.3 is 10.5 Å². The van der Waals surface area contributed by atoms with Gasteiger partial charge in [-0.15, -0.1) is 0 Å². The minimum absolute atomic E-state index is 0.0102. The van der Waals surface area contributed by atoms with E-state index in [0.717, 1.165) is 21.5 Å². The van der Waals surface area contributed by atoms with Crippen LogP contribution in [0, 0.1) is 0 Å². The van der Waals surface area contributed by atoms with Crippen molar-refractivity contribution in [3.63, 3.8) is 0 Å². The molecule has 0 bridgehead atoms. The molecule has 3 heteroatoms. The highest BCUT2D eigenvalue weighted by atomic mass is 79.9. The van der Waals surface area contributed by atoms with Crippen molar-refractivity contribution in [3.05, 3.63) is 70.7 Å². The van der Waals surface area contributed by atoms with Crippen LogP contribution in [-0.2, 0) is 0 Å². The number of nitrogens with two attached hydrogens (primary N) is 1. The van der Waals surface area contributed by atoms with E-state index < -0.39 is 0 Å². The summed E-state index contributed by atoms with van der Waals surface area (Å²) in [6.45, 7) is 1.96. The number of ether oxygens (including phenoxy) is 1. The number of benzene rings is 3. The average molecular weight is 342 g/mol. The summed E-state index contributed by atoms with van der Waals surface area (Å²) >= 11 is 3.54. The van der Waals surface area contributed by atoms with Gasteiger partial charge in [0.15, 0.2) is 0 Å². The van der Waals surface area contributed by atoms with Crippen LogP contribution in [0.2, 0.25) is 0 Å². The number of hydrogen-bond donors (Lipinski definition) is 1. The summed E-state index contributed by atoms with van der Waals surface area (Å²) < 4.78 is 6.87. The molecule has 3 rings (SSSR count). The molecule has 21 heavy (non-hydrogen) atoms. The topological polar surface area (TPSA) is 35.2 Å². The van der Waals surface area contributed by atoms with Crippen LogP contribution in [0.5, 0.6) is 11.5 Å². The third kappa shape index (κ3) is 3.09. The lowest BCUT2D eigenvalue weighted by Crippen LogP contribution is -2.04. The Balaban J connectivity index is 1.91. The molecular weight excluding hydrogens is 326 g/mol. The van der Waals surface area contributed by atoms with Crippen molar-refractivity contribution in [2.45, 2.75) is 13.0 Å². The molecule has 0 spiro atoms. The maximum absolute atomic E-state index is 5.96. The first-order valence-electron chi connectivity index (χ1n) is 6.85.